The fourth-order valence-corrected chi connectivity index (χ4v) is 3.45. The quantitative estimate of drug-likeness (QED) is 0.532. The smallest absolute Gasteiger partial charge is 0.385 e. The fourth-order valence-electron chi connectivity index (χ4n) is 3.24. The molecule has 1 amide bonds. The van der Waals surface area contributed by atoms with E-state index in [1.807, 2.05) is 0 Å². The molecular formula is C20H19ClF5N3O2. The number of alkyl halides is 3. The summed E-state index contributed by atoms with van der Waals surface area (Å²) in [6.07, 6.45) is -4.07. The van der Waals surface area contributed by atoms with Crippen LogP contribution in [0.2, 0.25) is 5.02 Å². The molecule has 1 unspecified atom stereocenters. The Morgan fingerprint density at radius 3 is 2.48 bits per heavy atom. The molecule has 2 aromatic rings. The lowest BCUT2D eigenvalue weighted by molar-refractivity contribution is -0.127. The lowest BCUT2D eigenvalue weighted by atomic mass is 9.91. The van der Waals surface area contributed by atoms with E-state index in [1.165, 1.54) is 19.1 Å². The molecule has 1 aliphatic rings. The number of anilines is 1. The van der Waals surface area contributed by atoms with Gasteiger partial charge in [0, 0.05) is 16.7 Å². The van der Waals surface area contributed by atoms with Gasteiger partial charge in [-0.3, -0.25) is 4.79 Å². The van der Waals surface area contributed by atoms with Crippen LogP contribution in [0.5, 0.6) is 0 Å². The van der Waals surface area contributed by atoms with Crippen molar-refractivity contribution >= 4 is 23.3 Å². The third-order valence-electron chi connectivity index (χ3n) is 4.90. The van der Waals surface area contributed by atoms with E-state index in [2.05, 4.69) is 15.6 Å². The molecule has 1 aromatic heterocycles. The van der Waals surface area contributed by atoms with Crippen LogP contribution < -0.4 is 10.6 Å². The van der Waals surface area contributed by atoms with Crippen molar-refractivity contribution in [2.75, 3.05) is 11.9 Å². The van der Waals surface area contributed by atoms with Crippen LogP contribution in [0.25, 0.3) is 0 Å². The highest BCUT2D eigenvalue weighted by Crippen LogP contribution is 2.46. The normalized spacial score (nSPS) is 17.0. The number of carbonyl (C=O) groups excluding carboxylic acids is 1. The van der Waals surface area contributed by atoms with Crippen molar-refractivity contribution in [2.24, 2.45) is 0 Å². The number of rotatable bonds is 7. The van der Waals surface area contributed by atoms with Gasteiger partial charge in [0.05, 0.1) is 23.3 Å². The second kappa shape index (κ2) is 8.23. The van der Waals surface area contributed by atoms with E-state index in [0.29, 0.717) is 18.9 Å². The Morgan fingerprint density at radius 1 is 1.23 bits per heavy atom. The highest BCUT2D eigenvalue weighted by atomic mass is 35.5. The molecular weight excluding hydrogens is 445 g/mol. The lowest BCUT2D eigenvalue weighted by Crippen LogP contribution is -2.39. The lowest BCUT2D eigenvalue weighted by Gasteiger charge is -2.26. The SMILES string of the molecule is CC(O)(CC(=O)NC1(c2cc(Cl)cc(NCC(F)(F)F)n2)CC1)c1ccc(F)cc1F. The number of halogens is 6. The van der Waals surface area contributed by atoms with E-state index in [1.54, 1.807) is 0 Å². The molecule has 31 heavy (non-hydrogen) atoms. The summed E-state index contributed by atoms with van der Waals surface area (Å²) in [5.41, 5.74) is -2.84. The van der Waals surface area contributed by atoms with Crippen LogP contribution in [-0.2, 0) is 15.9 Å². The minimum Gasteiger partial charge on any atom is -0.385 e. The zero-order valence-corrected chi connectivity index (χ0v) is 17.0. The molecule has 1 aromatic carbocycles. The molecule has 1 fully saturated rings. The van der Waals surface area contributed by atoms with Crippen LogP contribution in [0.15, 0.2) is 30.3 Å². The Hall–Kier alpha value is -2.46. The molecule has 0 spiro atoms. The van der Waals surface area contributed by atoms with Crippen molar-refractivity contribution in [1.82, 2.24) is 10.3 Å². The van der Waals surface area contributed by atoms with Gasteiger partial charge in [-0.2, -0.15) is 13.2 Å². The third-order valence-corrected chi connectivity index (χ3v) is 5.11. The van der Waals surface area contributed by atoms with E-state index in [4.69, 9.17) is 11.6 Å². The average molecular weight is 464 g/mol. The standard InChI is InChI=1S/C20H19ClF5N3O2/c1-18(31,13-3-2-12(22)8-14(13)23)9-17(30)29-19(4-5-19)15-6-11(21)7-16(28-15)27-10-20(24,25)26/h2-3,6-8,31H,4-5,9-10H2,1H3,(H,27,28)(H,29,30). The number of aliphatic hydroxyl groups is 1. The summed E-state index contributed by atoms with van der Waals surface area (Å²) in [4.78, 5) is 16.7. The van der Waals surface area contributed by atoms with E-state index in [-0.39, 0.29) is 22.1 Å². The summed E-state index contributed by atoms with van der Waals surface area (Å²) in [5.74, 6) is -2.55. The van der Waals surface area contributed by atoms with Crippen LogP contribution in [0.4, 0.5) is 27.8 Å². The highest BCUT2D eigenvalue weighted by Gasteiger charge is 2.48. The van der Waals surface area contributed by atoms with Crippen LogP contribution in [-0.4, -0.2) is 28.7 Å². The molecule has 5 nitrogen and oxygen atoms in total. The number of carbonyl (C=O) groups is 1. The second-order valence-corrected chi connectivity index (χ2v) is 8.17. The summed E-state index contributed by atoms with van der Waals surface area (Å²) in [5, 5.41) is 15.6. The summed E-state index contributed by atoms with van der Waals surface area (Å²) in [6, 6.07) is 5.30. The molecule has 1 heterocycles. The van der Waals surface area contributed by atoms with E-state index in [9.17, 15) is 31.9 Å². The van der Waals surface area contributed by atoms with Gasteiger partial charge in [0.15, 0.2) is 0 Å². The van der Waals surface area contributed by atoms with E-state index < -0.39 is 47.8 Å². The Morgan fingerprint density at radius 2 is 1.90 bits per heavy atom. The molecule has 1 atom stereocenters. The van der Waals surface area contributed by atoms with Gasteiger partial charge in [-0.05, 0) is 38.0 Å². The summed E-state index contributed by atoms with van der Waals surface area (Å²) in [7, 11) is 0. The minimum atomic E-state index is -4.45. The predicted molar refractivity (Wildman–Crippen MR) is 103 cm³/mol. The number of nitrogens with zero attached hydrogens (tertiary/aromatic N) is 1. The highest BCUT2D eigenvalue weighted by molar-refractivity contribution is 6.30. The first-order valence-electron chi connectivity index (χ1n) is 9.27. The van der Waals surface area contributed by atoms with Crippen molar-refractivity contribution in [3.8, 4) is 0 Å². The number of aromatic nitrogens is 1. The maximum atomic E-state index is 14.0. The van der Waals surface area contributed by atoms with E-state index in [0.717, 1.165) is 12.1 Å². The minimum absolute atomic E-state index is 0.0965. The molecule has 1 aliphatic carbocycles. The molecule has 168 valence electrons. The molecule has 0 bridgehead atoms. The molecule has 0 aliphatic heterocycles. The maximum Gasteiger partial charge on any atom is 0.405 e. The first-order chi connectivity index (χ1) is 14.3. The van der Waals surface area contributed by atoms with Crippen molar-refractivity contribution in [3.05, 3.63) is 58.2 Å². The molecule has 1 saturated carbocycles. The Balaban J connectivity index is 1.73. The number of benzene rings is 1. The summed E-state index contributed by atoms with van der Waals surface area (Å²) < 4.78 is 64.5. The summed E-state index contributed by atoms with van der Waals surface area (Å²) in [6.45, 7) is -0.0789. The van der Waals surface area contributed by atoms with Crippen molar-refractivity contribution in [2.45, 2.75) is 43.5 Å². The number of amides is 1. The van der Waals surface area contributed by atoms with Crippen molar-refractivity contribution in [3.63, 3.8) is 0 Å². The maximum absolute atomic E-state index is 14.0. The van der Waals surface area contributed by atoms with Crippen LogP contribution >= 0.6 is 11.6 Å². The van der Waals surface area contributed by atoms with Gasteiger partial charge < -0.3 is 15.7 Å². The van der Waals surface area contributed by atoms with Crippen molar-refractivity contribution < 1.29 is 31.9 Å². The van der Waals surface area contributed by atoms with Gasteiger partial charge in [0.1, 0.15) is 24.0 Å². The Bertz CT molecular complexity index is 993. The molecule has 3 rings (SSSR count). The zero-order chi connectivity index (χ0) is 23.0. The number of nitrogens with one attached hydrogen (secondary N) is 2. The van der Waals surface area contributed by atoms with Crippen LogP contribution in [0.1, 0.15) is 37.4 Å². The molecule has 3 N–H and O–H groups in total. The second-order valence-electron chi connectivity index (χ2n) is 7.73. The number of hydrogen-bond acceptors (Lipinski definition) is 4. The van der Waals surface area contributed by atoms with Gasteiger partial charge in [0.2, 0.25) is 5.91 Å². The van der Waals surface area contributed by atoms with Gasteiger partial charge in [0.25, 0.3) is 0 Å². The molecule has 11 heteroatoms. The Labute approximate surface area is 179 Å². The first kappa shape index (κ1) is 23.2. The molecule has 0 radical (unpaired) electrons. The molecule has 0 saturated heterocycles. The number of hydrogen-bond donors (Lipinski definition) is 3. The zero-order valence-electron chi connectivity index (χ0n) is 16.3. The Kier molecular flexibility index (Phi) is 6.16. The van der Waals surface area contributed by atoms with Gasteiger partial charge >= 0.3 is 6.18 Å². The number of pyridine rings is 1. The third kappa shape index (κ3) is 5.82. The monoisotopic (exact) mass is 463 g/mol. The van der Waals surface area contributed by atoms with E-state index >= 15 is 0 Å². The topological polar surface area (TPSA) is 74.2 Å². The largest absolute Gasteiger partial charge is 0.405 e. The van der Waals surface area contributed by atoms with Gasteiger partial charge in [-0.25, -0.2) is 13.8 Å². The predicted octanol–water partition coefficient (Wildman–Crippen LogP) is 4.39. The van der Waals surface area contributed by atoms with Gasteiger partial charge in [-0.1, -0.05) is 17.7 Å². The van der Waals surface area contributed by atoms with Gasteiger partial charge in [-0.15, -0.1) is 0 Å². The van der Waals surface area contributed by atoms with Crippen LogP contribution in [0.3, 0.4) is 0 Å². The average Bonchev–Trinajstić information content (AvgIpc) is 3.38. The fraction of sp³-hybridized carbons (Fsp3) is 0.400. The summed E-state index contributed by atoms with van der Waals surface area (Å²) >= 11 is 6.00. The first-order valence-corrected chi connectivity index (χ1v) is 9.65. The van der Waals surface area contributed by atoms with Crippen molar-refractivity contribution in [1.29, 1.82) is 0 Å². The van der Waals surface area contributed by atoms with Crippen LogP contribution in [0, 0.1) is 11.6 Å².